The zero-order valence-electron chi connectivity index (χ0n) is 9.98. The molecular weight excluding hydrogens is 271 g/mol. The molecule has 0 atom stereocenters. The third kappa shape index (κ3) is 3.42. The van der Waals surface area contributed by atoms with E-state index in [0.29, 0.717) is 17.1 Å². The van der Waals surface area contributed by atoms with Crippen LogP contribution in [0.1, 0.15) is 12.7 Å². The van der Waals surface area contributed by atoms with E-state index in [-0.39, 0.29) is 10.9 Å². The third-order valence-electron chi connectivity index (χ3n) is 2.24. The van der Waals surface area contributed by atoms with E-state index in [9.17, 15) is 9.18 Å². The lowest BCUT2D eigenvalue weighted by atomic mass is 10.2. The highest BCUT2D eigenvalue weighted by Crippen LogP contribution is 2.26. The van der Waals surface area contributed by atoms with Crippen LogP contribution in [0, 0.1) is 5.82 Å². The molecule has 19 heavy (non-hydrogen) atoms. The molecule has 0 bridgehead atoms. The highest BCUT2D eigenvalue weighted by molar-refractivity contribution is 6.31. The van der Waals surface area contributed by atoms with Crippen LogP contribution >= 0.6 is 11.6 Å². The summed E-state index contributed by atoms with van der Waals surface area (Å²) in [6.45, 7) is 1.35. The molecule has 0 radical (unpaired) electrons. The van der Waals surface area contributed by atoms with Gasteiger partial charge in [-0.3, -0.25) is 4.79 Å². The number of hydrogen-bond acceptors (Lipinski definition) is 3. The molecule has 2 rings (SSSR count). The number of carbonyl (C=O) groups is 1. The predicted molar refractivity (Wildman–Crippen MR) is 70.5 cm³/mol. The van der Waals surface area contributed by atoms with Gasteiger partial charge in [-0.25, -0.2) is 9.82 Å². The summed E-state index contributed by atoms with van der Waals surface area (Å²) in [5.74, 6) is 0.244. The molecule has 1 heterocycles. The Morgan fingerprint density at radius 3 is 2.89 bits per heavy atom. The maximum atomic E-state index is 13.0. The first-order valence-corrected chi connectivity index (χ1v) is 5.79. The van der Waals surface area contributed by atoms with E-state index in [0.717, 1.165) is 0 Å². The van der Waals surface area contributed by atoms with Gasteiger partial charge in [0.2, 0.25) is 5.91 Å². The Kier molecular flexibility index (Phi) is 3.97. The lowest BCUT2D eigenvalue weighted by molar-refractivity contribution is -0.118. The maximum Gasteiger partial charge on any atom is 0.236 e. The first-order chi connectivity index (χ1) is 9.06. The number of carbonyl (C=O) groups excluding carboxylic acids is 1. The van der Waals surface area contributed by atoms with Crippen LogP contribution < -0.4 is 5.43 Å². The third-order valence-corrected chi connectivity index (χ3v) is 2.53. The Hall–Kier alpha value is -2.14. The number of benzene rings is 1. The molecule has 0 spiro atoms. The Morgan fingerprint density at radius 2 is 2.21 bits per heavy atom. The fourth-order valence-corrected chi connectivity index (χ4v) is 1.59. The van der Waals surface area contributed by atoms with Crippen molar-refractivity contribution in [2.75, 3.05) is 0 Å². The number of hydrazone groups is 1. The van der Waals surface area contributed by atoms with Gasteiger partial charge in [0.15, 0.2) is 0 Å². The summed E-state index contributed by atoms with van der Waals surface area (Å²) in [5, 5.41) is 3.71. The zero-order valence-corrected chi connectivity index (χ0v) is 10.7. The molecule has 0 aliphatic heterocycles. The molecule has 2 aromatic rings. The minimum Gasteiger partial charge on any atom is -0.455 e. The van der Waals surface area contributed by atoms with Gasteiger partial charge in [-0.15, -0.1) is 0 Å². The molecule has 0 saturated heterocycles. The molecule has 1 aromatic carbocycles. The van der Waals surface area contributed by atoms with E-state index in [2.05, 4.69) is 10.5 Å². The monoisotopic (exact) mass is 280 g/mol. The molecule has 1 aromatic heterocycles. The summed E-state index contributed by atoms with van der Waals surface area (Å²) in [5.41, 5.74) is 2.92. The zero-order chi connectivity index (χ0) is 13.8. The van der Waals surface area contributed by atoms with Gasteiger partial charge in [0.1, 0.15) is 17.3 Å². The molecule has 0 unspecified atom stereocenters. The smallest absolute Gasteiger partial charge is 0.236 e. The van der Waals surface area contributed by atoms with Crippen LogP contribution in [0.15, 0.2) is 39.9 Å². The van der Waals surface area contributed by atoms with Gasteiger partial charge in [0.05, 0.1) is 11.2 Å². The topological polar surface area (TPSA) is 54.6 Å². The van der Waals surface area contributed by atoms with Crippen LogP contribution in [-0.4, -0.2) is 12.1 Å². The summed E-state index contributed by atoms with van der Waals surface area (Å²) >= 11 is 5.70. The first-order valence-electron chi connectivity index (χ1n) is 5.41. The lowest BCUT2D eigenvalue weighted by Gasteiger charge is -1.98. The minimum atomic E-state index is -0.482. The molecule has 1 N–H and O–H groups in total. The largest absolute Gasteiger partial charge is 0.455 e. The van der Waals surface area contributed by atoms with Crippen molar-refractivity contribution in [3.8, 4) is 11.3 Å². The lowest BCUT2D eigenvalue weighted by Crippen LogP contribution is -2.12. The maximum absolute atomic E-state index is 13.0. The van der Waals surface area contributed by atoms with Crippen molar-refractivity contribution < 1.29 is 13.6 Å². The first kappa shape index (κ1) is 13.3. The van der Waals surface area contributed by atoms with Gasteiger partial charge in [0.25, 0.3) is 0 Å². The SMILES string of the molecule is CC(=O)NN=Cc1ccc(-c2ccc(F)c(Cl)c2)o1. The van der Waals surface area contributed by atoms with Gasteiger partial charge in [-0.1, -0.05) is 11.6 Å². The number of rotatable bonds is 3. The minimum absolute atomic E-state index is 0.0300. The summed E-state index contributed by atoms with van der Waals surface area (Å²) < 4.78 is 18.5. The number of amides is 1. The molecule has 0 aliphatic carbocycles. The highest BCUT2D eigenvalue weighted by atomic mass is 35.5. The second kappa shape index (κ2) is 5.67. The average Bonchev–Trinajstić information content (AvgIpc) is 2.81. The van der Waals surface area contributed by atoms with Gasteiger partial charge in [0, 0.05) is 12.5 Å². The van der Waals surface area contributed by atoms with Crippen molar-refractivity contribution in [2.45, 2.75) is 6.92 Å². The van der Waals surface area contributed by atoms with Crippen molar-refractivity contribution in [3.63, 3.8) is 0 Å². The van der Waals surface area contributed by atoms with Crippen LogP contribution in [0.25, 0.3) is 11.3 Å². The predicted octanol–water partition coefficient (Wildman–Crippen LogP) is 3.21. The summed E-state index contributed by atoms with van der Waals surface area (Å²) in [4.78, 5) is 10.6. The highest BCUT2D eigenvalue weighted by Gasteiger charge is 2.06. The van der Waals surface area contributed by atoms with E-state index in [1.165, 1.54) is 25.3 Å². The van der Waals surface area contributed by atoms with Crippen LogP contribution in [0.2, 0.25) is 5.02 Å². The van der Waals surface area contributed by atoms with Crippen LogP contribution in [0.5, 0.6) is 0 Å². The number of furan rings is 1. The van der Waals surface area contributed by atoms with Crippen molar-refractivity contribution in [1.82, 2.24) is 5.43 Å². The Bertz CT molecular complexity index is 637. The molecule has 98 valence electrons. The normalized spacial score (nSPS) is 10.9. The Balaban J connectivity index is 2.18. The van der Waals surface area contributed by atoms with E-state index < -0.39 is 5.82 Å². The number of nitrogens with one attached hydrogen (secondary N) is 1. The van der Waals surface area contributed by atoms with E-state index in [1.807, 2.05) is 0 Å². The molecule has 0 fully saturated rings. The molecule has 1 amide bonds. The second-order valence-electron chi connectivity index (χ2n) is 3.76. The summed E-state index contributed by atoms with van der Waals surface area (Å²) in [6, 6.07) is 7.70. The molecular formula is C13H10ClFN2O2. The van der Waals surface area contributed by atoms with Crippen molar-refractivity contribution in [2.24, 2.45) is 5.10 Å². The second-order valence-corrected chi connectivity index (χ2v) is 4.16. The molecule has 6 heteroatoms. The Labute approximate surface area is 113 Å². The van der Waals surface area contributed by atoms with E-state index in [4.69, 9.17) is 16.0 Å². The molecule has 0 aliphatic rings. The van der Waals surface area contributed by atoms with Gasteiger partial charge in [-0.05, 0) is 30.3 Å². The quantitative estimate of drug-likeness (QED) is 0.693. The molecule has 4 nitrogen and oxygen atoms in total. The van der Waals surface area contributed by atoms with Crippen molar-refractivity contribution >= 4 is 23.7 Å². The van der Waals surface area contributed by atoms with E-state index in [1.54, 1.807) is 18.2 Å². The van der Waals surface area contributed by atoms with Gasteiger partial charge >= 0.3 is 0 Å². The fraction of sp³-hybridized carbons (Fsp3) is 0.0769. The average molecular weight is 281 g/mol. The summed E-state index contributed by atoms with van der Waals surface area (Å²) in [7, 11) is 0. The Morgan fingerprint density at radius 1 is 1.42 bits per heavy atom. The summed E-state index contributed by atoms with van der Waals surface area (Å²) in [6.07, 6.45) is 1.37. The fourth-order valence-electron chi connectivity index (χ4n) is 1.41. The standard InChI is InChI=1S/C13H10ClFN2O2/c1-8(18)17-16-7-10-3-5-13(19-10)9-2-4-12(15)11(14)6-9/h2-7H,1H3,(H,17,18). The van der Waals surface area contributed by atoms with Crippen LogP contribution in [0.3, 0.4) is 0 Å². The van der Waals surface area contributed by atoms with Crippen LogP contribution in [-0.2, 0) is 4.79 Å². The molecule has 0 saturated carbocycles. The number of nitrogens with zero attached hydrogens (tertiary/aromatic N) is 1. The van der Waals surface area contributed by atoms with Crippen molar-refractivity contribution in [1.29, 1.82) is 0 Å². The van der Waals surface area contributed by atoms with Crippen LogP contribution in [0.4, 0.5) is 4.39 Å². The number of halogens is 2. The van der Waals surface area contributed by atoms with Crippen molar-refractivity contribution in [3.05, 3.63) is 46.9 Å². The van der Waals surface area contributed by atoms with E-state index >= 15 is 0 Å². The van der Waals surface area contributed by atoms with Gasteiger partial charge in [-0.2, -0.15) is 5.10 Å². The number of hydrogen-bond donors (Lipinski definition) is 1. The van der Waals surface area contributed by atoms with Gasteiger partial charge < -0.3 is 4.42 Å².